The first-order valence-corrected chi connectivity index (χ1v) is 11.0. The van der Waals surface area contributed by atoms with Gasteiger partial charge in [0.05, 0.1) is 17.7 Å². The second-order valence-corrected chi connectivity index (χ2v) is 9.10. The van der Waals surface area contributed by atoms with Crippen molar-refractivity contribution < 1.29 is 23.9 Å². The van der Waals surface area contributed by atoms with Gasteiger partial charge in [0.15, 0.2) is 17.3 Å². The van der Waals surface area contributed by atoms with Gasteiger partial charge in [-0.25, -0.2) is 9.59 Å². The Hall–Kier alpha value is -3.77. The monoisotopic (exact) mass is 459 g/mol. The molecule has 6 heteroatoms. The predicted octanol–water partition coefficient (Wildman–Crippen LogP) is 5.31. The molecule has 3 rings (SSSR count). The van der Waals surface area contributed by atoms with E-state index in [9.17, 15) is 14.4 Å². The molecular formula is C28H29NO5. The van der Waals surface area contributed by atoms with E-state index in [0.717, 1.165) is 11.1 Å². The van der Waals surface area contributed by atoms with Gasteiger partial charge in [-0.3, -0.25) is 4.79 Å². The van der Waals surface area contributed by atoms with E-state index in [0.29, 0.717) is 16.7 Å². The van der Waals surface area contributed by atoms with Crippen molar-refractivity contribution >= 4 is 17.7 Å². The fraction of sp³-hybridized carbons (Fsp3) is 0.250. The van der Waals surface area contributed by atoms with Crippen LogP contribution in [0.3, 0.4) is 0 Å². The molecule has 3 aromatic rings. The smallest absolute Gasteiger partial charge is 0.343 e. The van der Waals surface area contributed by atoms with Crippen molar-refractivity contribution in [2.24, 2.45) is 0 Å². The zero-order chi connectivity index (χ0) is 24.9. The lowest BCUT2D eigenvalue weighted by atomic mass is 10.1. The third-order valence-corrected chi connectivity index (χ3v) is 5.18. The van der Waals surface area contributed by atoms with Gasteiger partial charge in [0.25, 0.3) is 0 Å². The normalized spacial score (nSPS) is 11.1. The number of aryl methyl sites for hydroxylation is 2. The number of ketones is 1. The molecule has 1 N–H and O–H groups in total. The second kappa shape index (κ2) is 10.4. The molecule has 6 nitrogen and oxygen atoms in total. The number of rotatable bonds is 7. The Labute approximate surface area is 199 Å². The molecule has 0 saturated carbocycles. The molecule has 0 saturated heterocycles. The second-order valence-electron chi connectivity index (χ2n) is 9.10. The zero-order valence-corrected chi connectivity index (χ0v) is 20.1. The zero-order valence-electron chi connectivity index (χ0n) is 20.1. The first-order valence-electron chi connectivity index (χ1n) is 11.0. The van der Waals surface area contributed by atoms with Crippen LogP contribution in [0.15, 0.2) is 66.7 Å². The third-order valence-electron chi connectivity index (χ3n) is 5.18. The van der Waals surface area contributed by atoms with E-state index in [-0.39, 0.29) is 29.4 Å². The summed E-state index contributed by atoms with van der Waals surface area (Å²) in [6.45, 7) is 9.60. The molecular weight excluding hydrogens is 430 g/mol. The van der Waals surface area contributed by atoms with Crippen molar-refractivity contribution in [2.75, 3.05) is 6.54 Å². The molecule has 3 aromatic carbocycles. The highest BCUT2D eigenvalue weighted by molar-refractivity contribution is 5.99. The Balaban J connectivity index is 1.93. The molecule has 0 heterocycles. The molecule has 176 valence electrons. The van der Waals surface area contributed by atoms with Gasteiger partial charge in [-0.15, -0.1) is 0 Å². The third kappa shape index (κ3) is 6.39. The van der Waals surface area contributed by atoms with E-state index in [1.54, 1.807) is 56.3 Å². The number of carbonyl (C=O) groups is 3. The van der Waals surface area contributed by atoms with Gasteiger partial charge in [0.2, 0.25) is 0 Å². The van der Waals surface area contributed by atoms with Gasteiger partial charge < -0.3 is 14.8 Å². The highest BCUT2D eigenvalue weighted by atomic mass is 16.6. The Morgan fingerprint density at radius 2 is 1.24 bits per heavy atom. The lowest BCUT2D eigenvalue weighted by molar-refractivity contribution is 0.0681. The van der Waals surface area contributed by atoms with Gasteiger partial charge in [0.1, 0.15) is 0 Å². The number of esters is 2. The molecule has 34 heavy (non-hydrogen) atoms. The van der Waals surface area contributed by atoms with Crippen molar-refractivity contribution in [1.82, 2.24) is 5.32 Å². The average molecular weight is 460 g/mol. The van der Waals surface area contributed by atoms with Crippen LogP contribution in [-0.4, -0.2) is 29.8 Å². The molecule has 0 aliphatic rings. The Morgan fingerprint density at radius 1 is 0.735 bits per heavy atom. The van der Waals surface area contributed by atoms with Crippen LogP contribution in [0.25, 0.3) is 0 Å². The number of nitrogens with one attached hydrogen (secondary N) is 1. The standard InChI is InChI=1S/C28H29NO5/c1-18-10-6-8-12-21(18)26(31)33-24-15-14-20(23(30)17-29-28(3,4)5)16-25(24)34-27(32)22-13-9-7-11-19(22)2/h6-16,29H,17H2,1-5H3. The number of benzene rings is 3. The van der Waals surface area contributed by atoms with Crippen LogP contribution in [0.2, 0.25) is 0 Å². The molecule has 0 aromatic heterocycles. The van der Waals surface area contributed by atoms with Crippen molar-refractivity contribution in [3.63, 3.8) is 0 Å². The van der Waals surface area contributed by atoms with Crippen molar-refractivity contribution in [3.05, 3.63) is 94.5 Å². The number of hydrogen-bond donors (Lipinski definition) is 1. The fourth-order valence-corrected chi connectivity index (χ4v) is 3.21. The van der Waals surface area contributed by atoms with E-state index >= 15 is 0 Å². The van der Waals surface area contributed by atoms with Gasteiger partial charge >= 0.3 is 11.9 Å². The van der Waals surface area contributed by atoms with Crippen LogP contribution in [-0.2, 0) is 0 Å². The summed E-state index contributed by atoms with van der Waals surface area (Å²) < 4.78 is 11.2. The summed E-state index contributed by atoms with van der Waals surface area (Å²) in [5.41, 5.74) is 2.37. The molecule has 0 spiro atoms. The molecule has 0 radical (unpaired) electrons. The Morgan fingerprint density at radius 3 is 1.74 bits per heavy atom. The number of hydrogen-bond acceptors (Lipinski definition) is 6. The largest absolute Gasteiger partial charge is 0.419 e. The molecule has 0 unspecified atom stereocenters. The van der Waals surface area contributed by atoms with Crippen LogP contribution in [0.1, 0.15) is 63.0 Å². The predicted molar refractivity (Wildman–Crippen MR) is 131 cm³/mol. The van der Waals surface area contributed by atoms with Crippen molar-refractivity contribution in [1.29, 1.82) is 0 Å². The minimum absolute atomic E-state index is 0.00297. The lowest BCUT2D eigenvalue weighted by Crippen LogP contribution is -2.39. The maximum Gasteiger partial charge on any atom is 0.343 e. The summed E-state index contributed by atoms with van der Waals surface area (Å²) in [5.74, 6) is -1.32. The average Bonchev–Trinajstić information content (AvgIpc) is 2.78. The summed E-state index contributed by atoms with van der Waals surface area (Å²) in [6, 6.07) is 18.5. The Bertz CT molecular complexity index is 1220. The minimum Gasteiger partial charge on any atom is -0.419 e. The summed E-state index contributed by atoms with van der Waals surface area (Å²) in [4.78, 5) is 38.4. The van der Waals surface area contributed by atoms with Gasteiger partial charge in [-0.1, -0.05) is 36.4 Å². The van der Waals surface area contributed by atoms with E-state index in [1.165, 1.54) is 12.1 Å². The molecule has 0 atom stereocenters. The van der Waals surface area contributed by atoms with Crippen LogP contribution >= 0.6 is 0 Å². The molecule has 0 bridgehead atoms. The molecule has 0 amide bonds. The SMILES string of the molecule is Cc1ccccc1C(=O)Oc1ccc(C(=O)CNC(C)(C)C)cc1OC(=O)c1ccccc1C. The van der Waals surface area contributed by atoms with Crippen molar-refractivity contribution in [2.45, 2.75) is 40.2 Å². The summed E-state index contributed by atoms with van der Waals surface area (Å²) in [7, 11) is 0. The highest BCUT2D eigenvalue weighted by Gasteiger charge is 2.21. The number of ether oxygens (including phenoxy) is 2. The maximum absolute atomic E-state index is 12.9. The summed E-state index contributed by atoms with van der Waals surface area (Å²) in [5, 5.41) is 3.15. The lowest BCUT2D eigenvalue weighted by Gasteiger charge is -2.20. The van der Waals surface area contributed by atoms with E-state index in [2.05, 4.69) is 5.32 Å². The van der Waals surface area contributed by atoms with Gasteiger partial charge in [-0.2, -0.15) is 0 Å². The molecule has 0 fully saturated rings. The van der Waals surface area contributed by atoms with Crippen LogP contribution in [0, 0.1) is 13.8 Å². The quantitative estimate of drug-likeness (QED) is 0.293. The van der Waals surface area contributed by atoms with Crippen LogP contribution in [0.4, 0.5) is 0 Å². The van der Waals surface area contributed by atoms with Crippen LogP contribution < -0.4 is 14.8 Å². The molecule has 0 aliphatic carbocycles. The first kappa shape index (κ1) is 24.9. The number of carbonyl (C=O) groups excluding carboxylic acids is 3. The van der Waals surface area contributed by atoms with E-state index in [1.807, 2.05) is 32.9 Å². The molecule has 0 aliphatic heterocycles. The van der Waals surface area contributed by atoms with Gasteiger partial charge in [-0.05, 0) is 76.1 Å². The number of Topliss-reactive ketones (excluding diaryl/α,β-unsaturated/α-hetero) is 1. The van der Waals surface area contributed by atoms with E-state index < -0.39 is 11.9 Å². The summed E-state index contributed by atoms with van der Waals surface area (Å²) >= 11 is 0. The summed E-state index contributed by atoms with van der Waals surface area (Å²) in [6.07, 6.45) is 0. The fourth-order valence-electron chi connectivity index (χ4n) is 3.21. The van der Waals surface area contributed by atoms with Gasteiger partial charge in [0, 0.05) is 11.1 Å². The minimum atomic E-state index is -0.608. The van der Waals surface area contributed by atoms with E-state index in [4.69, 9.17) is 9.47 Å². The highest BCUT2D eigenvalue weighted by Crippen LogP contribution is 2.31. The van der Waals surface area contributed by atoms with Crippen LogP contribution in [0.5, 0.6) is 11.5 Å². The maximum atomic E-state index is 12.9. The first-order chi connectivity index (χ1) is 16.0. The topological polar surface area (TPSA) is 81.7 Å². The Kier molecular flexibility index (Phi) is 7.64. The van der Waals surface area contributed by atoms with Crippen molar-refractivity contribution in [3.8, 4) is 11.5 Å².